The summed E-state index contributed by atoms with van der Waals surface area (Å²) < 4.78 is 17.6. The predicted octanol–water partition coefficient (Wildman–Crippen LogP) is 5.63. The minimum Gasteiger partial charge on any atom is -0.478 e. The molecule has 0 spiro atoms. The smallest absolute Gasteiger partial charge is 0.407 e. The number of carbonyl (C=O) groups is 2. The topological polar surface area (TPSA) is 114 Å². The second-order valence-electron chi connectivity index (χ2n) is 8.94. The van der Waals surface area contributed by atoms with Gasteiger partial charge in [0, 0.05) is 29.2 Å². The van der Waals surface area contributed by atoms with Gasteiger partial charge in [-0.15, -0.1) is 11.8 Å². The summed E-state index contributed by atoms with van der Waals surface area (Å²) in [6.07, 6.45) is 0.478. The number of benzene rings is 3. The summed E-state index contributed by atoms with van der Waals surface area (Å²) in [7, 11) is 0. The zero-order valence-corrected chi connectivity index (χ0v) is 22.1. The number of hydrogen-bond donors (Lipinski definition) is 3. The maximum Gasteiger partial charge on any atom is 0.407 e. The Morgan fingerprint density at radius 1 is 1.00 bits per heavy atom. The molecule has 3 N–H and O–H groups in total. The highest BCUT2D eigenvalue weighted by molar-refractivity contribution is 7.99. The Bertz CT molecular complexity index is 1260. The predicted molar refractivity (Wildman–Crippen MR) is 147 cm³/mol. The van der Waals surface area contributed by atoms with E-state index in [9.17, 15) is 19.8 Å². The molecule has 3 aromatic rings. The lowest BCUT2D eigenvalue weighted by Crippen LogP contribution is -2.31. The fraction of sp³-hybridized carbons (Fsp3) is 0.267. The molecule has 1 fully saturated rings. The maximum atomic E-state index is 11.7. The van der Waals surface area contributed by atoms with Crippen molar-refractivity contribution in [2.45, 2.75) is 43.0 Å². The number of nitrogens with one attached hydrogen (secondary N) is 1. The van der Waals surface area contributed by atoms with Crippen LogP contribution in [0.1, 0.15) is 51.4 Å². The third kappa shape index (κ3) is 7.93. The van der Waals surface area contributed by atoms with E-state index in [-0.39, 0.29) is 31.0 Å². The Kier molecular flexibility index (Phi) is 10.2. The van der Waals surface area contributed by atoms with Gasteiger partial charge in [0.05, 0.1) is 24.4 Å². The first-order valence-electron chi connectivity index (χ1n) is 12.5. The molecule has 0 aromatic heterocycles. The van der Waals surface area contributed by atoms with E-state index in [2.05, 4.69) is 11.9 Å². The fourth-order valence-electron chi connectivity index (χ4n) is 4.13. The Morgan fingerprint density at radius 3 is 2.38 bits per heavy atom. The summed E-state index contributed by atoms with van der Waals surface area (Å²) in [6, 6.07) is 22.2. The number of carbonyl (C=O) groups excluding carboxylic acids is 1. The summed E-state index contributed by atoms with van der Waals surface area (Å²) in [5.41, 5.74) is 3.77. The van der Waals surface area contributed by atoms with E-state index in [0.717, 1.165) is 22.3 Å². The average Bonchev–Trinajstić information content (AvgIpc) is 2.98. The van der Waals surface area contributed by atoms with E-state index in [1.54, 1.807) is 18.2 Å². The lowest BCUT2D eigenvalue weighted by Gasteiger charge is -2.36. The molecule has 9 heteroatoms. The van der Waals surface area contributed by atoms with Crippen molar-refractivity contribution in [1.82, 2.24) is 5.32 Å². The highest BCUT2D eigenvalue weighted by atomic mass is 32.2. The van der Waals surface area contributed by atoms with E-state index in [1.165, 1.54) is 17.8 Å². The Balaban J connectivity index is 1.48. The van der Waals surface area contributed by atoms with E-state index in [1.807, 2.05) is 54.6 Å². The number of ether oxygens (including phenoxy) is 3. The van der Waals surface area contributed by atoms with E-state index in [0.29, 0.717) is 23.6 Å². The number of alkyl carbamates (subject to hydrolysis) is 1. The number of amides is 1. The molecule has 0 unspecified atom stereocenters. The van der Waals surface area contributed by atoms with Crippen LogP contribution in [0.4, 0.5) is 4.79 Å². The number of aliphatic hydroxyl groups is 1. The van der Waals surface area contributed by atoms with Crippen molar-refractivity contribution in [3.05, 3.63) is 113 Å². The summed E-state index contributed by atoms with van der Waals surface area (Å²) in [5, 5.41) is 21.6. The van der Waals surface area contributed by atoms with Gasteiger partial charge in [-0.05, 0) is 28.8 Å². The van der Waals surface area contributed by atoms with Crippen molar-refractivity contribution in [3.8, 4) is 0 Å². The van der Waals surface area contributed by atoms with E-state index < -0.39 is 18.4 Å². The molecule has 0 saturated carbocycles. The molecule has 1 aliphatic heterocycles. The standard InChI is InChI=1S/C30H31NO7S/c1-2-15-36-30(35)31-17-20-7-13-23(14-8-20)29-37-24(19-39-27-6-4-3-5-25(27)28(33)34)16-26(38-29)22-11-9-21(18-32)10-12-22/h2-14,24,26,29,32H,1,15-19H2,(H,31,35)(H,33,34)/t24-,26+,29+/m0/s1. The summed E-state index contributed by atoms with van der Waals surface area (Å²) in [6.45, 7) is 3.94. The number of thioether (sulfide) groups is 1. The molecule has 0 radical (unpaired) electrons. The van der Waals surface area contributed by atoms with Gasteiger partial charge in [0.15, 0.2) is 6.29 Å². The van der Waals surface area contributed by atoms with Gasteiger partial charge in [-0.2, -0.15) is 0 Å². The molecule has 1 saturated heterocycles. The highest BCUT2D eigenvalue weighted by Gasteiger charge is 2.32. The summed E-state index contributed by atoms with van der Waals surface area (Å²) >= 11 is 1.45. The third-order valence-corrected chi connectivity index (χ3v) is 7.38. The first-order valence-corrected chi connectivity index (χ1v) is 13.5. The monoisotopic (exact) mass is 549 g/mol. The van der Waals surface area contributed by atoms with Crippen LogP contribution >= 0.6 is 11.8 Å². The van der Waals surface area contributed by atoms with Crippen LogP contribution in [0.3, 0.4) is 0 Å². The third-order valence-electron chi connectivity index (χ3n) is 6.18. The fourth-order valence-corrected chi connectivity index (χ4v) is 5.19. The molecule has 0 aliphatic carbocycles. The van der Waals surface area contributed by atoms with Crippen LogP contribution < -0.4 is 5.32 Å². The largest absolute Gasteiger partial charge is 0.478 e. The number of aromatic carboxylic acids is 1. The minimum absolute atomic E-state index is 0.0347. The molecule has 204 valence electrons. The van der Waals surface area contributed by atoms with Crippen molar-refractivity contribution >= 4 is 23.8 Å². The van der Waals surface area contributed by atoms with Crippen LogP contribution in [0.5, 0.6) is 0 Å². The zero-order chi connectivity index (χ0) is 27.6. The SMILES string of the molecule is C=CCOC(=O)NCc1ccc([C@@H]2O[C@H](CSc3ccccc3C(=O)O)C[C@H](c3ccc(CO)cc3)O2)cc1. The van der Waals surface area contributed by atoms with Crippen LogP contribution in [-0.4, -0.2) is 40.7 Å². The first-order chi connectivity index (χ1) is 19.0. The van der Waals surface area contributed by atoms with Crippen molar-refractivity contribution in [2.24, 2.45) is 0 Å². The number of rotatable bonds is 11. The highest BCUT2D eigenvalue weighted by Crippen LogP contribution is 2.39. The molecule has 8 nitrogen and oxygen atoms in total. The zero-order valence-electron chi connectivity index (χ0n) is 21.3. The van der Waals surface area contributed by atoms with Gasteiger partial charge in [-0.25, -0.2) is 9.59 Å². The molecule has 1 heterocycles. The molecule has 0 bridgehead atoms. The molecule has 1 aliphatic rings. The number of carboxylic acid groups (broad SMARTS) is 1. The molecular weight excluding hydrogens is 518 g/mol. The van der Waals surface area contributed by atoms with Crippen LogP contribution in [0.2, 0.25) is 0 Å². The summed E-state index contributed by atoms with van der Waals surface area (Å²) in [5.74, 6) is -0.418. The van der Waals surface area contributed by atoms with Gasteiger partial charge >= 0.3 is 12.1 Å². The minimum atomic E-state index is -0.964. The maximum absolute atomic E-state index is 11.7. The van der Waals surface area contributed by atoms with Crippen molar-refractivity contribution in [2.75, 3.05) is 12.4 Å². The second-order valence-corrected chi connectivity index (χ2v) is 10.0. The Hall–Kier alpha value is -3.63. The van der Waals surface area contributed by atoms with Crippen molar-refractivity contribution < 1.29 is 34.0 Å². The van der Waals surface area contributed by atoms with Crippen LogP contribution in [0.25, 0.3) is 0 Å². The lowest BCUT2D eigenvalue weighted by atomic mass is 10.0. The van der Waals surface area contributed by atoms with Gasteiger partial charge in [-0.3, -0.25) is 0 Å². The molecule has 3 aromatic carbocycles. The van der Waals surface area contributed by atoms with Crippen molar-refractivity contribution in [1.29, 1.82) is 0 Å². The van der Waals surface area contributed by atoms with E-state index in [4.69, 9.17) is 14.2 Å². The lowest BCUT2D eigenvalue weighted by molar-refractivity contribution is -0.245. The van der Waals surface area contributed by atoms with Crippen molar-refractivity contribution in [3.63, 3.8) is 0 Å². The van der Waals surface area contributed by atoms with Crippen LogP contribution in [0.15, 0.2) is 90.3 Å². The molecule has 39 heavy (non-hydrogen) atoms. The van der Waals surface area contributed by atoms with Gasteiger partial charge < -0.3 is 29.7 Å². The molecule has 1 amide bonds. The van der Waals surface area contributed by atoms with E-state index >= 15 is 0 Å². The Labute approximate surface area is 231 Å². The molecule has 3 atom stereocenters. The average molecular weight is 550 g/mol. The number of hydrogen-bond acceptors (Lipinski definition) is 7. The summed E-state index contributed by atoms with van der Waals surface area (Å²) in [4.78, 5) is 24.0. The van der Waals surface area contributed by atoms with Gasteiger partial charge in [-0.1, -0.05) is 73.3 Å². The van der Waals surface area contributed by atoms with Crippen LogP contribution in [-0.2, 0) is 27.4 Å². The van der Waals surface area contributed by atoms with Gasteiger partial charge in [0.2, 0.25) is 0 Å². The van der Waals surface area contributed by atoms with Gasteiger partial charge in [0.1, 0.15) is 6.61 Å². The Morgan fingerprint density at radius 2 is 1.69 bits per heavy atom. The van der Waals surface area contributed by atoms with Crippen LogP contribution in [0, 0.1) is 0 Å². The number of aliphatic hydroxyl groups excluding tert-OH is 1. The molecule has 4 rings (SSSR count). The number of carboxylic acids is 1. The van der Waals surface area contributed by atoms with Gasteiger partial charge in [0.25, 0.3) is 0 Å². The first kappa shape index (κ1) is 28.4. The second kappa shape index (κ2) is 14.0. The normalized spacial score (nSPS) is 18.7. The molecular formula is C30H31NO7S. The quantitative estimate of drug-likeness (QED) is 0.208.